The lowest BCUT2D eigenvalue weighted by atomic mass is 9.81. The predicted octanol–water partition coefficient (Wildman–Crippen LogP) is 4.77. The van der Waals surface area contributed by atoms with E-state index >= 15 is 0 Å². The first-order valence-corrected chi connectivity index (χ1v) is 12.7. The zero-order valence-corrected chi connectivity index (χ0v) is 22.1. The highest BCUT2D eigenvalue weighted by molar-refractivity contribution is 6.35. The van der Waals surface area contributed by atoms with Gasteiger partial charge in [-0.2, -0.15) is 0 Å². The Bertz CT molecular complexity index is 1070. The average Bonchev–Trinajstić information content (AvgIpc) is 2.82. The summed E-state index contributed by atoms with van der Waals surface area (Å²) in [5.74, 6) is 1.01. The lowest BCUT2D eigenvalue weighted by Gasteiger charge is -2.48. The van der Waals surface area contributed by atoms with Gasteiger partial charge >= 0.3 is 0 Å². The van der Waals surface area contributed by atoms with Crippen LogP contribution in [0.25, 0.3) is 0 Å². The second-order valence-corrected chi connectivity index (χ2v) is 10.0. The van der Waals surface area contributed by atoms with E-state index in [0.29, 0.717) is 38.5 Å². The zero-order chi connectivity index (χ0) is 25.8. The second-order valence-electron chi connectivity index (χ2n) is 9.17. The van der Waals surface area contributed by atoms with Gasteiger partial charge in [0.05, 0.1) is 27.9 Å². The minimum absolute atomic E-state index is 0.0120. The van der Waals surface area contributed by atoms with Gasteiger partial charge in [-0.3, -0.25) is 14.5 Å². The molecule has 0 aromatic heterocycles. The molecule has 2 aromatic rings. The minimum Gasteiger partial charge on any atom is -0.493 e. The van der Waals surface area contributed by atoms with Gasteiger partial charge in [0, 0.05) is 39.4 Å². The lowest BCUT2D eigenvalue weighted by molar-refractivity contribution is -0.120. The first-order valence-electron chi connectivity index (χ1n) is 11.9. The fraction of sp³-hybridized carbons (Fsp3) is 0.462. The lowest BCUT2D eigenvalue weighted by Crippen LogP contribution is -2.58. The second kappa shape index (κ2) is 11.6. The Morgan fingerprint density at radius 1 is 0.917 bits per heavy atom. The first-order chi connectivity index (χ1) is 17.3. The summed E-state index contributed by atoms with van der Waals surface area (Å²) in [7, 11) is 4.57. The Balaban J connectivity index is 1.40. The highest BCUT2D eigenvalue weighted by Crippen LogP contribution is 2.39. The standard InChI is InChI=1S/C26H31Cl2N3O5/c1-34-22-7-15(8-23(35-2)25(22)36-3)26(33)30-19-12-20-5-4-6-21(13-19)31(20)14-24(32)29-18-10-16(27)9-17(28)11-18/h7-11,19-21H,4-6,12-14H2,1-3H3,(H,29,32)(H,30,33)/t19?,20-,21+. The molecule has 0 spiro atoms. The molecule has 2 amide bonds. The number of hydrogen-bond acceptors (Lipinski definition) is 6. The molecule has 2 bridgehead atoms. The quantitative estimate of drug-likeness (QED) is 0.505. The molecule has 2 heterocycles. The van der Waals surface area contributed by atoms with Gasteiger partial charge in [0.25, 0.3) is 5.91 Å². The van der Waals surface area contributed by atoms with Gasteiger partial charge in [-0.25, -0.2) is 0 Å². The molecule has 36 heavy (non-hydrogen) atoms. The third-order valence-corrected chi connectivity index (χ3v) is 7.30. The molecule has 8 nitrogen and oxygen atoms in total. The van der Waals surface area contributed by atoms with Crippen LogP contribution >= 0.6 is 23.2 Å². The summed E-state index contributed by atoms with van der Waals surface area (Å²) in [6.45, 7) is 0.285. The SMILES string of the molecule is COc1cc(C(=O)NC2C[C@H]3CCC[C@@H](C2)N3CC(=O)Nc2cc(Cl)cc(Cl)c2)cc(OC)c1OC. The Morgan fingerprint density at radius 2 is 1.50 bits per heavy atom. The van der Waals surface area contributed by atoms with Crippen molar-refractivity contribution in [2.75, 3.05) is 33.2 Å². The number of benzene rings is 2. The molecule has 2 fully saturated rings. The van der Waals surface area contributed by atoms with Crippen LogP contribution in [0, 0.1) is 0 Å². The van der Waals surface area contributed by atoms with Crippen LogP contribution in [0.4, 0.5) is 5.69 Å². The van der Waals surface area contributed by atoms with Gasteiger partial charge in [0.15, 0.2) is 11.5 Å². The van der Waals surface area contributed by atoms with Gasteiger partial charge in [0.2, 0.25) is 11.7 Å². The number of methoxy groups -OCH3 is 3. The molecular weight excluding hydrogens is 505 g/mol. The fourth-order valence-electron chi connectivity index (χ4n) is 5.33. The number of amides is 2. The molecule has 4 rings (SSSR count). The van der Waals surface area contributed by atoms with E-state index in [9.17, 15) is 9.59 Å². The molecular formula is C26H31Cl2N3O5. The number of carbonyl (C=O) groups excluding carboxylic acids is 2. The van der Waals surface area contributed by atoms with Crippen LogP contribution in [0.5, 0.6) is 17.2 Å². The van der Waals surface area contributed by atoms with E-state index in [-0.39, 0.29) is 36.5 Å². The number of anilines is 1. The first kappa shape index (κ1) is 26.4. The molecule has 0 radical (unpaired) electrons. The molecule has 0 saturated carbocycles. The molecule has 2 aliphatic rings. The van der Waals surface area contributed by atoms with Crippen molar-refractivity contribution in [3.8, 4) is 17.2 Å². The molecule has 2 saturated heterocycles. The number of nitrogens with zero attached hydrogens (tertiary/aromatic N) is 1. The predicted molar refractivity (Wildman–Crippen MR) is 140 cm³/mol. The topological polar surface area (TPSA) is 89.1 Å². The number of piperidine rings is 2. The van der Waals surface area contributed by atoms with E-state index in [1.54, 1.807) is 30.3 Å². The van der Waals surface area contributed by atoms with Crippen LogP contribution < -0.4 is 24.8 Å². The molecule has 2 aromatic carbocycles. The molecule has 1 unspecified atom stereocenters. The zero-order valence-electron chi connectivity index (χ0n) is 20.6. The van der Waals surface area contributed by atoms with Crippen molar-refractivity contribution in [3.05, 3.63) is 45.9 Å². The Kier molecular flexibility index (Phi) is 8.49. The summed E-state index contributed by atoms with van der Waals surface area (Å²) in [6, 6.07) is 8.73. The third kappa shape index (κ3) is 5.99. The van der Waals surface area contributed by atoms with Crippen molar-refractivity contribution in [3.63, 3.8) is 0 Å². The van der Waals surface area contributed by atoms with Crippen molar-refractivity contribution < 1.29 is 23.8 Å². The minimum atomic E-state index is -0.193. The van der Waals surface area contributed by atoms with Crippen LogP contribution in [0.2, 0.25) is 10.0 Å². The molecule has 2 aliphatic heterocycles. The van der Waals surface area contributed by atoms with Gasteiger partial charge in [0.1, 0.15) is 0 Å². The number of halogens is 2. The summed E-state index contributed by atoms with van der Waals surface area (Å²) in [4.78, 5) is 28.2. The molecule has 0 aliphatic carbocycles. The summed E-state index contributed by atoms with van der Waals surface area (Å²) >= 11 is 12.1. The molecule has 194 valence electrons. The molecule has 10 heteroatoms. The van der Waals surface area contributed by atoms with Crippen molar-refractivity contribution >= 4 is 40.7 Å². The van der Waals surface area contributed by atoms with E-state index in [0.717, 1.165) is 32.1 Å². The van der Waals surface area contributed by atoms with Crippen LogP contribution in [0.15, 0.2) is 30.3 Å². The number of rotatable bonds is 8. The highest BCUT2D eigenvalue weighted by atomic mass is 35.5. The van der Waals surface area contributed by atoms with Crippen molar-refractivity contribution in [2.45, 2.75) is 50.2 Å². The number of nitrogens with one attached hydrogen (secondary N) is 2. The number of ether oxygens (including phenoxy) is 3. The van der Waals surface area contributed by atoms with Crippen LogP contribution in [-0.2, 0) is 4.79 Å². The van der Waals surface area contributed by atoms with E-state index in [1.807, 2.05) is 0 Å². The van der Waals surface area contributed by atoms with Crippen LogP contribution in [0.3, 0.4) is 0 Å². The van der Waals surface area contributed by atoms with Crippen molar-refractivity contribution in [1.82, 2.24) is 10.2 Å². The molecule has 3 atom stereocenters. The van der Waals surface area contributed by atoms with Gasteiger partial charge in [-0.05, 0) is 56.0 Å². The Hall–Kier alpha value is -2.68. The maximum Gasteiger partial charge on any atom is 0.251 e. The summed E-state index contributed by atoms with van der Waals surface area (Å²) < 4.78 is 16.1. The number of carbonyl (C=O) groups is 2. The van der Waals surface area contributed by atoms with E-state index < -0.39 is 0 Å². The largest absolute Gasteiger partial charge is 0.493 e. The van der Waals surface area contributed by atoms with Crippen LogP contribution in [0.1, 0.15) is 42.5 Å². The normalized spacial score (nSPS) is 21.4. The third-order valence-electron chi connectivity index (χ3n) is 6.86. The maximum atomic E-state index is 13.1. The number of fused-ring (bicyclic) bond motifs is 2. The summed E-state index contributed by atoms with van der Waals surface area (Å²) in [5, 5.41) is 7.03. The average molecular weight is 536 g/mol. The smallest absolute Gasteiger partial charge is 0.251 e. The number of hydrogen-bond donors (Lipinski definition) is 2. The van der Waals surface area contributed by atoms with Crippen LogP contribution in [-0.4, -0.2) is 62.7 Å². The summed E-state index contributed by atoms with van der Waals surface area (Å²) in [6.07, 6.45) is 4.66. The maximum absolute atomic E-state index is 13.1. The van der Waals surface area contributed by atoms with E-state index in [4.69, 9.17) is 37.4 Å². The summed E-state index contributed by atoms with van der Waals surface area (Å²) in [5.41, 5.74) is 1.02. The van der Waals surface area contributed by atoms with Crippen molar-refractivity contribution in [1.29, 1.82) is 0 Å². The molecule has 2 N–H and O–H groups in total. The van der Waals surface area contributed by atoms with E-state index in [1.165, 1.54) is 21.3 Å². The Labute approximate surface area is 221 Å². The van der Waals surface area contributed by atoms with Gasteiger partial charge in [-0.1, -0.05) is 29.6 Å². The van der Waals surface area contributed by atoms with Gasteiger partial charge in [-0.15, -0.1) is 0 Å². The highest BCUT2D eigenvalue weighted by Gasteiger charge is 2.39. The van der Waals surface area contributed by atoms with E-state index in [2.05, 4.69) is 15.5 Å². The Morgan fingerprint density at radius 3 is 2.03 bits per heavy atom. The fourth-order valence-corrected chi connectivity index (χ4v) is 5.85. The van der Waals surface area contributed by atoms with Gasteiger partial charge < -0.3 is 24.8 Å². The van der Waals surface area contributed by atoms with Crippen molar-refractivity contribution in [2.24, 2.45) is 0 Å². The monoisotopic (exact) mass is 535 g/mol.